The number of amides is 2. The Kier molecular flexibility index (Phi) is 7.03. The fourth-order valence-corrected chi connectivity index (χ4v) is 2.63. The fraction of sp³-hybridized carbons (Fsp3) is 0.136. The Labute approximate surface area is 182 Å². The van der Waals surface area contributed by atoms with Crippen molar-refractivity contribution in [2.24, 2.45) is 0 Å². The summed E-state index contributed by atoms with van der Waals surface area (Å²) in [6.45, 7) is -0.0504. The first-order chi connectivity index (χ1) is 14.4. The van der Waals surface area contributed by atoms with Crippen molar-refractivity contribution in [2.45, 2.75) is 0 Å². The number of likely N-dealkylation sites (N-methyl/N-ethyl adjacent to an activating group) is 1. The van der Waals surface area contributed by atoms with Gasteiger partial charge in [-0.1, -0.05) is 15.9 Å². The van der Waals surface area contributed by atoms with Crippen LogP contribution in [0.15, 0.2) is 71.3 Å². The zero-order valence-corrected chi connectivity index (χ0v) is 18.0. The average Bonchev–Trinajstić information content (AvgIpc) is 2.75. The third kappa shape index (κ3) is 5.81. The number of hydrogen-bond acceptors (Lipinski definition) is 5. The topological polar surface area (TPSA) is 80.8 Å². The van der Waals surface area contributed by atoms with Gasteiger partial charge in [0.1, 0.15) is 17.1 Å². The normalized spacial score (nSPS) is 10.2. The van der Waals surface area contributed by atoms with E-state index >= 15 is 0 Å². The van der Waals surface area contributed by atoms with Crippen molar-refractivity contribution in [2.75, 3.05) is 26.0 Å². The van der Waals surface area contributed by atoms with E-state index in [1.165, 1.54) is 4.90 Å². The van der Waals surface area contributed by atoms with E-state index in [1.54, 1.807) is 68.8 Å². The van der Waals surface area contributed by atoms with Gasteiger partial charge in [-0.05, 0) is 60.7 Å². The van der Waals surface area contributed by atoms with E-state index in [-0.39, 0.29) is 24.3 Å². The number of pyridine rings is 1. The lowest BCUT2D eigenvalue weighted by Gasteiger charge is -2.12. The van der Waals surface area contributed by atoms with Crippen LogP contribution in [0.2, 0.25) is 0 Å². The highest BCUT2D eigenvalue weighted by Crippen LogP contribution is 2.25. The SMILES string of the molecule is CN(C)C(=O)COc1ccc(NC(=O)c2cccnc2Oc2ccc(Br)cc2)cc1. The highest BCUT2D eigenvalue weighted by molar-refractivity contribution is 9.10. The number of benzene rings is 2. The zero-order chi connectivity index (χ0) is 21.5. The number of carbonyl (C=O) groups excluding carboxylic acids is 2. The maximum absolute atomic E-state index is 12.7. The molecule has 1 aromatic heterocycles. The number of halogens is 1. The summed E-state index contributed by atoms with van der Waals surface area (Å²) in [5.41, 5.74) is 0.877. The molecule has 30 heavy (non-hydrogen) atoms. The van der Waals surface area contributed by atoms with E-state index in [4.69, 9.17) is 9.47 Å². The molecule has 0 radical (unpaired) electrons. The molecule has 154 valence electrons. The van der Waals surface area contributed by atoms with Gasteiger partial charge >= 0.3 is 0 Å². The Morgan fingerprint density at radius 2 is 1.67 bits per heavy atom. The second-order valence-corrected chi connectivity index (χ2v) is 7.38. The maximum atomic E-state index is 12.7. The van der Waals surface area contributed by atoms with Crippen LogP contribution < -0.4 is 14.8 Å². The molecule has 3 rings (SSSR count). The third-order valence-corrected chi connectivity index (χ3v) is 4.55. The number of nitrogens with zero attached hydrogens (tertiary/aromatic N) is 2. The quantitative estimate of drug-likeness (QED) is 0.555. The van der Waals surface area contributed by atoms with Gasteiger partial charge in [0.2, 0.25) is 5.88 Å². The molecule has 1 N–H and O–H groups in total. The van der Waals surface area contributed by atoms with Crippen LogP contribution in [0.3, 0.4) is 0 Å². The highest BCUT2D eigenvalue weighted by Gasteiger charge is 2.15. The first-order valence-corrected chi connectivity index (χ1v) is 9.84. The fourth-order valence-electron chi connectivity index (χ4n) is 2.37. The molecule has 0 bridgehead atoms. The van der Waals surface area contributed by atoms with Crippen LogP contribution >= 0.6 is 15.9 Å². The molecule has 8 heteroatoms. The van der Waals surface area contributed by atoms with Gasteiger partial charge in [0.05, 0.1) is 0 Å². The number of nitrogens with one attached hydrogen (secondary N) is 1. The van der Waals surface area contributed by atoms with Crippen LogP contribution in [0, 0.1) is 0 Å². The molecule has 0 aliphatic heterocycles. The van der Waals surface area contributed by atoms with Crippen molar-refractivity contribution in [1.82, 2.24) is 9.88 Å². The van der Waals surface area contributed by atoms with Crippen LogP contribution in [-0.4, -0.2) is 42.4 Å². The first kappa shape index (κ1) is 21.3. The van der Waals surface area contributed by atoms with Gasteiger partial charge in [0.15, 0.2) is 6.61 Å². The van der Waals surface area contributed by atoms with E-state index in [0.29, 0.717) is 22.7 Å². The monoisotopic (exact) mass is 469 g/mol. The standard InChI is InChI=1S/C22H20BrN3O4/c1-26(2)20(27)14-29-17-11-7-16(8-12-17)25-21(28)19-4-3-13-24-22(19)30-18-9-5-15(23)6-10-18/h3-13H,14H2,1-2H3,(H,25,28). The number of ether oxygens (including phenoxy) is 2. The van der Waals surface area contributed by atoms with Gasteiger partial charge in [-0.25, -0.2) is 4.98 Å². The summed E-state index contributed by atoms with van der Waals surface area (Å²) in [7, 11) is 3.33. The molecule has 0 saturated carbocycles. The molecule has 0 atom stereocenters. The largest absolute Gasteiger partial charge is 0.484 e. The van der Waals surface area contributed by atoms with Crippen molar-refractivity contribution in [3.63, 3.8) is 0 Å². The lowest BCUT2D eigenvalue weighted by atomic mass is 10.2. The van der Waals surface area contributed by atoms with Gasteiger partial charge in [0.25, 0.3) is 11.8 Å². The van der Waals surface area contributed by atoms with E-state index < -0.39 is 0 Å². The van der Waals surface area contributed by atoms with E-state index in [0.717, 1.165) is 4.47 Å². The second kappa shape index (κ2) is 9.89. The molecule has 0 saturated heterocycles. The summed E-state index contributed by atoms with van der Waals surface area (Å²) in [5.74, 6) is 0.817. The summed E-state index contributed by atoms with van der Waals surface area (Å²) in [6.07, 6.45) is 1.56. The molecule has 7 nitrogen and oxygen atoms in total. The summed E-state index contributed by atoms with van der Waals surface area (Å²) in [6, 6.07) is 17.3. The first-order valence-electron chi connectivity index (χ1n) is 9.05. The Morgan fingerprint density at radius 3 is 2.33 bits per heavy atom. The molecule has 0 spiro atoms. The molecule has 2 amide bonds. The van der Waals surface area contributed by atoms with Crippen molar-refractivity contribution in [3.8, 4) is 17.4 Å². The molecule has 0 aliphatic carbocycles. The molecular weight excluding hydrogens is 450 g/mol. The summed E-state index contributed by atoms with van der Waals surface area (Å²) < 4.78 is 12.1. The summed E-state index contributed by atoms with van der Waals surface area (Å²) in [4.78, 5) is 30.0. The van der Waals surface area contributed by atoms with E-state index in [1.807, 2.05) is 12.1 Å². The van der Waals surface area contributed by atoms with E-state index in [2.05, 4.69) is 26.2 Å². The maximum Gasteiger partial charge on any atom is 0.261 e. The van der Waals surface area contributed by atoms with Crippen LogP contribution in [0.4, 0.5) is 5.69 Å². The molecule has 1 heterocycles. The van der Waals surface area contributed by atoms with Gasteiger partial charge in [-0.2, -0.15) is 0 Å². The van der Waals surface area contributed by atoms with Gasteiger partial charge in [-0.15, -0.1) is 0 Å². The minimum Gasteiger partial charge on any atom is -0.484 e. The lowest BCUT2D eigenvalue weighted by molar-refractivity contribution is -0.130. The Bertz CT molecular complexity index is 1020. The predicted molar refractivity (Wildman–Crippen MR) is 117 cm³/mol. The van der Waals surface area contributed by atoms with Crippen LogP contribution in [0.1, 0.15) is 10.4 Å². The van der Waals surface area contributed by atoms with E-state index in [9.17, 15) is 9.59 Å². The third-order valence-electron chi connectivity index (χ3n) is 4.02. The lowest BCUT2D eigenvalue weighted by Crippen LogP contribution is -2.27. The number of anilines is 1. The molecule has 2 aromatic carbocycles. The summed E-state index contributed by atoms with van der Waals surface area (Å²) >= 11 is 3.37. The van der Waals surface area contributed by atoms with Crippen molar-refractivity contribution >= 4 is 33.4 Å². The highest BCUT2D eigenvalue weighted by atomic mass is 79.9. The number of carbonyl (C=O) groups is 2. The Balaban J connectivity index is 1.66. The zero-order valence-electron chi connectivity index (χ0n) is 16.5. The summed E-state index contributed by atoms with van der Waals surface area (Å²) in [5, 5.41) is 2.81. The molecular formula is C22H20BrN3O4. The van der Waals surface area contributed by atoms with Crippen molar-refractivity contribution in [1.29, 1.82) is 0 Å². The van der Waals surface area contributed by atoms with Crippen LogP contribution in [0.5, 0.6) is 17.4 Å². The Hall–Kier alpha value is -3.39. The number of rotatable bonds is 7. The van der Waals surface area contributed by atoms with Crippen LogP contribution in [0.25, 0.3) is 0 Å². The van der Waals surface area contributed by atoms with Gasteiger partial charge in [0, 0.05) is 30.5 Å². The molecule has 0 unspecified atom stereocenters. The van der Waals surface area contributed by atoms with Gasteiger partial charge in [-0.3, -0.25) is 9.59 Å². The minimum atomic E-state index is -0.355. The van der Waals surface area contributed by atoms with Gasteiger partial charge < -0.3 is 19.7 Å². The van der Waals surface area contributed by atoms with Crippen LogP contribution in [-0.2, 0) is 4.79 Å². The Morgan fingerprint density at radius 1 is 1.00 bits per heavy atom. The van der Waals surface area contributed by atoms with Crippen molar-refractivity contribution in [3.05, 3.63) is 76.9 Å². The minimum absolute atomic E-state index is 0.0504. The smallest absolute Gasteiger partial charge is 0.261 e. The molecule has 3 aromatic rings. The second-order valence-electron chi connectivity index (χ2n) is 6.47. The predicted octanol–water partition coefficient (Wildman–Crippen LogP) is 4.36. The molecule has 0 fully saturated rings. The molecule has 0 aliphatic rings. The average molecular weight is 470 g/mol. The number of hydrogen-bond donors (Lipinski definition) is 1. The number of aromatic nitrogens is 1. The van der Waals surface area contributed by atoms with Crippen molar-refractivity contribution < 1.29 is 19.1 Å².